The van der Waals surface area contributed by atoms with Crippen molar-refractivity contribution in [1.82, 2.24) is 0 Å². The minimum Gasteiger partial charge on any atom is -0.436 e. The van der Waals surface area contributed by atoms with Gasteiger partial charge >= 0.3 is 0 Å². The number of aliphatic imine (C=N–C) groups is 2. The zero-order valence-corrected chi connectivity index (χ0v) is 14.1. The average molecular weight is 326 g/mol. The third-order valence-corrected chi connectivity index (χ3v) is 4.32. The van der Waals surface area contributed by atoms with Gasteiger partial charge in [-0.05, 0) is 36.0 Å². The third-order valence-electron chi connectivity index (χ3n) is 4.32. The van der Waals surface area contributed by atoms with Crippen LogP contribution in [0.15, 0.2) is 75.1 Å². The zero-order valence-electron chi connectivity index (χ0n) is 14.1. The predicted octanol–water partition coefficient (Wildman–Crippen LogP) is 6.17. The molecule has 1 heterocycles. The molecule has 25 heavy (non-hydrogen) atoms. The molecular formula is C22H18N2O. The Hall–Kier alpha value is -3.20. The number of hydrogen-bond acceptors (Lipinski definition) is 3. The monoisotopic (exact) mass is 326 g/mol. The molecule has 3 heteroatoms. The minimum atomic E-state index is 0.466. The molecule has 0 N–H and O–H groups in total. The van der Waals surface area contributed by atoms with Gasteiger partial charge in [-0.15, -0.1) is 0 Å². The van der Waals surface area contributed by atoms with E-state index in [1.165, 1.54) is 11.1 Å². The molecule has 0 bridgehead atoms. The van der Waals surface area contributed by atoms with Gasteiger partial charge < -0.3 is 4.42 Å². The van der Waals surface area contributed by atoms with E-state index >= 15 is 0 Å². The van der Waals surface area contributed by atoms with Gasteiger partial charge in [0, 0.05) is 12.6 Å². The molecule has 3 aromatic carbocycles. The molecule has 4 aromatic rings. The molecule has 0 aliphatic heterocycles. The maximum Gasteiger partial charge on any atom is 0.245 e. The van der Waals surface area contributed by atoms with E-state index < -0.39 is 0 Å². The Morgan fingerprint density at radius 1 is 1.04 bits per heavy atom. The summed E-state index contributed by atoms with van der Waals surface area (Å²) in [7, 11) is 0. The molecule has 122 valence electrons. The summed E-state index contributed by atoms with van der Waals surface area (Å²) in [6.07, 6.45) is 2.66. The van der Waals surface area contributed by atoms with Crippen LogP contribution in [-0.2, 0) is 6.42 Å². The molecule has 3 nitrogen and oxygen atoms in total. The largest absolute Gasteiger partial charge is 0.436 e. The maximum absolute atomic E-state index is 5.86. The molecule has 1 aromatic heterocycles. The standard InChI is InChI=1S/C22H18N2O/c1-15-8-9-17-10-11-19-20(18(17)14-15)21(22(23-2)25-19)24-13-12-16-6-4-3-5-7-16/h3-11,13-14H,2,12H2,1H3/b24-13-. The normalized spacial score (nSPS) is 11.6. The van der Waals surface area contributed by atoms with Crippen LogP contribution in [0.1, 0.15) is 11.1 Å². The molecule has 0 unspecified atom stereocenters. The Kier molecular flexibility index (Phi) is 3.90. The Balaban J connectivity index is 1.86. The second-order valence-corrected chi connectivity index (χ2v) is 6.08. The summed E-state index contributed by atoms with van der Waals surface area (Å²) in [6, 6.07) is 20.7. The van der Waals surface area contributed by atoms with Gasteiger partial charge in [-0.2, -0.15) is 0 Å². The van der Waals surface area contributed by atoms with Crippen LogP contribution in [0, 0.1) is 6.92 Å². The van der Waals surface area contributed by atoms with Crippen molar-refractivity contribution in [2.45, 2.75) is 13.3 Å². The Morgan fingerprint density at radius 3 is 2.64 bits per heavy atom. The number of nitrogens with zero attached hydrogens (tertiary/aromatic N) is 2. The van der Waals surface area contributed by atoms with Crippen LogP contribution >= 0.6 is 0 Å². The van der Waals surface area contributed by atoms with E-state index in [1.807, 2.05) is 30.5 Å². The quantitative estimate of drug-likeness (QED) is 0.413. The predicted molar refractivity (Wildman–Crippen MR) is 106 cm³/mol. The molecule has 0 aliphatic carbocycles. The molecule has 0 aliphatic rings. The summed E-state index contributed by atoms with van der Waals surface area (Å²) in [6.45, 7) is 5.72. The highest BCUT2D eigenvalue weighted by molar-refractivity contribution is 6.14. The number of furan rings is 1. The Labute approximate surface area is 146 Å². The topological polar surface area (TPSA) is 37.9 Å². The van der Waals surface area contributed by atoms with Gasteiger partial charge in [-0.25, -0.2) is 4.99 Å². The minimum absolute atomic E-state index is 0.466. The van der Waals surface area contributed by atoms with Crippen molar-refractivity contribution >= 4 is 46.2 Å². The van der Waals surface area contributed by atoms with Crippen LogP contribution in [0.5, 0.6) is 0 Å². The van der Waals surface area contributed by atoms with Crippen molar-refractivity contribution in [2.24, 2.45) is 9.98 Å². The molecule has 0 saturated carbocycles. The van der Waals surface area contributed by atoms with Gasteiger partial charge in [0.05, 0.1) is 5.39 Å². The number of rotatable bonds is 4. The molecule has 0 spiro atoms. The molecule has 0 saturated heterocycles. The third kappa shape index (κ3) is 2.85. The van der Waals surface area contributed by atoms with Crippen molar-refractivity contribution in [3.05, 3.63) is 71.8 Å². The summed E-state index contributed by atoms with van der Waals surface area (Å²) in [5.74, 6) is 0.466. The van der Waals surface area contributed by atoms with Crippen LogP contribution < -0.4 is 0 Å². The fourth-order valence-corrected chi connectivity index (χ4v) is 3.09. The highest BCUT2D eigenvalue weighted by Crippen LogP contribution is 2.42. The van der Waals surface area contributed by atoms with E-state index in [4.69, 9.17) is 4.42 Å². The molecule has 0 fully saturated rings. The van der Waals surface area contributed by atoms with E-state index in [2.05, 4.69) is 60.0 Å². The maximum atomic E-state index is 5.86. The summed E-state index contributed by atoms with van der Waals surface area (Å²) in [5.41, 5.74) is 3.95. The first kappa shape index (κ1) is 15.3. The van der Waals surface area contributed by atoms with Crippen LogP contribution in [0.4, 0.5) is 11.6 Å². The van der Waals surface area contributed by atoms with Crippen LogP contribution in [0.3, 0.4) is 0 Å². The lowest BCUT2D eigenvalue weighted by Gasteiger charge is -2.01. The van der Waals surface area contributed by atoms with Crippen LogP contribution in [0.25, 0.3) is 21.7 Å². The molecule has 4 rings (SSSR count). The van der Waals surface area contributed by atoms with E-state index in [1.54, 1.807) is 0 Å². The van der Waals surface area contributed by atoms with Gasteiger partial charge in [-0.1, -0.05) is 60.2 Å². The summed E-state index contributed by atoms with van der Waals surface area (Å²) in [5, 5.41) is 3.28. The molecule has 0 amide bonds. The Morgan fingerprint density at radius 2 is 1.84 bits per heavy atom. The summed E-state index contributed by atoms with van der Waals surface area (Å²) < 4.78 is 5.86. The summed E-state index contributed by atoms with van der Waals surface area (Å²) in [4.78, 5) is 8.72. The molecular weight excluding hydrogens is 308 g/mol. The summed E-state index contributed by atoms with van der Waals surface area (Å²) >= 11 is 0. The van der Waals surface area contributed by atoms with Gasteiger partial charge in [0.15, 0.2) is 0 Å². The second kappa shape index (κ2) is 6.36. The fourth-order valence-electron chi connectivity index (χ4n) is 3.09. The average Bonchev–Trinajstić information content (AvgIpc) is 3.01. The Bertz CT molecular complexity index is 1090. The van der Waals surface area contributed by atoms with E-state index in [0.717, 1.165) is 33.8 Å². The number of fused-ring (bicyclic) bond motifs is 3. The van der Waals surface area contributed by atoms with Gasteiger partial charge in [0.1, 0.15) is 11.3 Å². The van der Waals surface area contributed by atoms with Gasteiger partial charge in [-0.3, -0.25) is 4.99 Å². The first-order valence-corrected chi connectivity index (χ1v) is 8.25. The second-order valence-electron chi connectivity index (χ2n) is 6.08. The van der Waals surface area contributed by atoms with Crippen molar-refractivity contribution in [2.75, 3.05) is 0 Å². The number of aryl methyl sites for hydroxylation is 1. The smallest absolute Gasteiger partial charge is 0.245 e. The number of hydrogen-bond donors (Lipinski definition) is 0. The van der Waals surface area contributed by atoms with Gasteiger partial charge in [0.2, 0.25) is 5.88 Å². The first-order valence-electron chi connectivity index (χ1n) is 8.25. The van der Waals surface area contributed by atoms with Crippen molar-refractivity contribution in [1.29, 1.82) is 0 Å². The molecule has 0 atom stereocenters. The van der Waals surface area contributed by atoms with Gasteiger partial charge in [0.25, 0.3) is 0 Å². The lowest BCUT2D eigenvalue weighted by molar-refractivity contribution is 0.627. The van der Waals surface area contributed by atoms with Crippen molar-refractivity contribution < 1.29 is 4.42 Å². The first-order chi connectivity index (χ1) is 12.3. The number of benzene rings is 3. The van der Waals surface area contributed by atoms with Crippen LogP contribution in [-0.4, -0.2) is 12.9 Å². The van der Waals surface area contributed by atoms with E-state index in [-0.39, 0.29) is 0 Å². The van der Waals surface area contributed by atoms with Crippen molar-refractivity contribution in [3.63, 3.8) is 0 Å². The lowest BCUT2D eigenvalue weighted by atomic mass is 10.0. The van der Waals surface area contributed by atoms with Crippen LogP contribution in [0.2, 0.25) is 0 Å². The SMILES string of the molecule is C=Nc1oc2ccc3ccc(C)cc3c2c1/N=C\Cc1ccccc1. The fraction of sp³-hybridized carbons (Fsp3) is 0.0909. The van der Waals surface area contributed by atoms with E-state index in [9.17, 15) is 0 Å². The van der Waals surface area contributed by atoms with E-state index in [0.29, 0.717) is 5.88 Å². The zero-order chi connectivity index (χ0) is 17.2. The highest BCUT2D eigenvalue weighted by atomic mass is 16.3. The van der Waals surface area contributed by atoms with Crippen molar-refractivity contribution in [3.8, 4) is 0 Å². The lowest BCUT2D eigenvalue weighted by Crippen LogP contribution is -1.84. The highest BCUT2D eigenvalue weighted by Gasteiger charge is 2.15. The molecule has 0 radical (unpaired) electrons.